The normalized spacial score (nSPS) is 25.4. The highest BCUT2D eigenvalue weighted by molar-refractivity contribution is 6.67. The number of benzene rings is 1. The molecular formula is C16H16BNO3. The Morgan fingerprint density at radius 2 is 2.14 bits per heavy atom. The summed E-state index contributed by atoms with van der Waals surface area (Å²) >= 11 is 0. The van der Waals surface area contributed by atoms with Crippen LogP contribution in [0.4, 0.5) is 0 Å². The Morgan fingerprint density at radius 3 is 2.86 bits per heavy atom. The molecule has 1 N–H and O–H groups in total. The molecule has 106 valence electrons. The molecular weight excluding hydrogens is 265 g/mol. The van der Waals surface area contributed by atoms with Gasteiger partial charge in [0.25, 0.3) is 6.71 Å². The summed E-state index contributed by atoms with van der Waals surface area (Å²) in [5, 5.41) is 19.2. The molecule has 1 atom stereocenters. The Labute approximate surface area is 123 Å². The molecule has 0 aromatic heterocycles. The van der Waals surface area contributed by atoms with Crippen molar-refractivity contribution in [2.24, 2.45) is 0 Å². The minimum atomic E-state index is -0.729. The molecule has 0 saturated carbocycles. The van der Waals surface area contributed by atoms with Crippen LogP contribution in [0.15, 0.2) is 12.1 Å². The molecule has 2 aliphatic heterocycles. The van der Waals surface area contributed by atoms with Crippen LogP contribution < -0.4 is 4.74 Å². The monoisotopic (exact) mass is 281 g/mol. The minimum absolute atomic E-state index is 0.00182. The smallest absolute Gasteiger partial charge is 0.267 e. The van der Waals surface area contributed by atoms with Crippen molar-refractivity contribution in [3.8, 4) is 11.7 Å². The fourth-order valence-electron chi connectivity index (χ4n) is 4.14. The predicted molar refractivity (Wildman–Crippen MR) is 77.7 cm³/mol. The van der Waals surface area contributed by atoms with Crippen molar-refractivity contribution in [3.05, 3.63) is 28.8 Å². The van der Waals surface area contributed by atoms with E-state index in [4.69, 9.17) is 10.00 Å². The number of nitriles is 1. The molecule has 21 heavy (non-hydrogen) atoms. The van der Waals surface area contributed by atoms with Crippen molar-refractivity contribution >= 4 is 12.5 Å². The lowest BCUT2D eigenvalue weighted by atomic mass is 9.39. The number of aliphatic hydroxyl groups is 1. The standard InChI is InChI=1S/C16H16BNO3/c18-9-17-5-3-16(4-6-17)8-21-15-11(16)2-1-10-12(19)7-13(20)14(10)15/h1-2,13,20H,3-8H2. The number of carbonyl (C=O) groups is 1. The van der Waals surface area contributed by atoms with Gasteiger partial charge in [0, 0.05) is 34.5 Å². The Morgan fingerprint density at radius 1 is 1.38 bits per heavy atom. The lowest BCUT2D eigenvalue weighted by Gasteiger charge is -2.33. The molecule has 2 heterocycles. The Hall–Kier alpha value is -1.80. The van der Waals surface area contributed by atoms with Crippen LogP contribution in [-0.2, 0) is 5.41 Å². The Balaban J connectivity index is 1.76. The highest BCUT2D eigenvalue weighted by atomic mass is 16.5. The third-order valence-corrected chi connectivity index (χ3v) is 5.40. The van der Waals surface area contributed by atoms with Gasteiger partial charge in [0.1, 0.15) is 5.75 Å². The molecule has 1 unspecified atom stereocenters. The van der Waals surface area contributed by atoms with Gasteiger partial charge in [0.15, 0.2) is 5.78 Å². The number of aliphatic hydroxyl groups excluding tert-OH is 1. The molecule has 4 nitrogen and oxygen atoms in total. The largest absolute Gasteiger partial charge is 0.492 e. The lowest BCUT2D eigenvalue weighted by Crippen LogP contribution is -2.35. The zero-order valence-electron chi connectivity index (χ0n) is 11.8. The van der Waals surface area contributed by atoms with E-state index in [0.717, 1.165) is 36.8 Å². The molecule has 4 rings (SSSR count). The van der Waals surface area contributed by atoms with Gasteiger partial charge >= 0.3 is 0 Å². The topological polar surface area (TPSA) is 70.3 Å². The van der Waals surface area contributed by atoms with Crippen LogP contribution in [0.3, 0.4) is 0 Å². The first kappa shape index (κ1) is 12.9. The summed E-state index contributed by atoms with van der Waals surface area (Å²) in [5.74, 6) is 3.10. The van der Waals surface area contributed by atoms with Crippen LogP contribution in [0, 0.1) is 11.2 Å². The first-order chi connectivity index (χ1) is 10.1. The van der Waals surface area contributed by atoms with Crippen LogP contribution >= 0.6 is 0 Å². The maximum absolute atomic E-state index is 11.9. The number of hydrogen-bond donors (Lipinski definition) is 1. The third kappa shape index (κ3) is 1.69. The van der Waals surface area contributed by atoms with Gasteiger partial charge in [0.2, 0.25) is 0 Å². The van der Waals surface area contributed by atoms with Crippen molar-refractivity contribution in [2.75, 3.05) is 6.61 Å². The molecule has 1 aromatic carbocycles. The molecule has 5 heteroatoms. The summed E-state index contributed by atoms with van der Waals surface area (Å²) in [4.78, 5) is 11.9. The van der Waals surface area contributed by atoms with Crippen LogP contribution in [0.5, 0.6) is 5.75 Å². The molecule has 0 radical (unpaired) electrons. The zero-order valence-corrected chi connectivity index (χ0v) is 11.8. The number of nitrogens with zero attached hydrogens (tertiary/aromatic N) is 1. The van der Waals surface area contributed by atoms with Crippen LogP contribution in [0.25, 0.3) is 0 Å². The molecule has 0 amide bonds. The highest BCUT2D eigenvalue weighted by Crippen LogP contribution is 2.52. The number of hydrogen-bond acceptors (Lipinski definition) is 4. The summed E-state index contributed by atoms with van der Waals surface area (Å²) in [6.07, 6.45) is 3.13. The number of ketones is 1. The van der Waals surface area contributed by atoms with Crippen LogP contribution in [0.1, 0.15) is 46.9 Å². The summed E-state index contributed by atoms with van der Waals surface area (Å²) in [6, 6.07) is 3.85. The van der Waals surface area contributed by atoms with Gasteiger partial charge in [-0.1, -0.05) is 24.8 Å². The van der Waals surface area contributed by atoms with E-state index < -0.39 is 6.10 Å². The van der Waals surface area contributed by atoms with Crippen molar-refractivity contribution in [1.29, 1.82) is 5.26 Å². The molecule has 1 saturated heterocycles. The molecule has 1 fully saturated rings. The predicted octanol–water partition coefficient (Wildman–Crippen LogP) is 2.29. The van der Waals surface area contributed by atoms with E-state index in [2.05, 4.69) is 5.97 Å². The van der Waals surface area contributed by atoms with Crippen LogP contribution in [0.2, 0.25) is 12.6 Å². The second-order valence-electron chi connectivity index (χ2n) is 6.52. The summed E-state index contributed by atoms with van der Waals surface area (Å²) in [6.45, 7) is 0.763. The average Bonchev–Trinajstić information content (AvgIpc) is 2.99. The summed E-state index contributed by atoms with van der Waals surface area (Å²) in [7, 11) is 0. The highest BCUT2D eigenvalue weighted by Gasteiger charge is 2.47. The second-order valence-corrected chi connectivity index (χ2v) is 6.52. The van der Waals surface area contributed by atoms with Gasteiger partial charge in [-0.2, -0.15) is 0 Å². The Kier molecular flexibility index (Phi) is 2.67. The van der Waals surface area contributed by atoms with Gasteiger partial charge in [-0.15, -0.1) is 0 Å². The van der Waals surface area contributed by atoms with Crippen molar-refractivity contribution < 1.29 is 14.6 Å². The van der Waals surface area contributed by atoms with Gasteiger partial charge in [-0.25, -0.2) is 5.26 Å². The van der Waals surface area contributed by atoms with E-state index in [1.165, 1.54) is 0 Å². The first-order valence-electron chi connectivity index (χ1n) is 7.56. The Bertz CT molecular complexity index is 671. The molecule has 1 aromatic rings. The lowest BCUT2D eigenvalue weighted by molar-refractivity contribution is 0.0929. The van der Waals surface area contributed by atoms with Gasteiger partial charge in [-0.3, -0.25) is 4.79 Å². The van der Waals surface area contributed by atoms with E-state index in [-0.39, 0.29) is 24.3 Å². The average molecular weight is 281 g/mol. The summed E-state index contributed by atoms with van der Waals surface area (Å²) < 4.78 is 5.93. The van der Waals surface area contributed by atoms with Crippen molar-refractivity contribution in [1.82, 2.24) is 0 Å². The zero-order chi connectivity index (χ0) is 14.6. The number of fused-ring (bicyclic) bond motifs is 4. The summed E-state index contributed by atoms with van der Waals surface area (Å²) in [5.41, 5.74) is 2.41. The fourth-order valence-corrected chi connectivity index (χ4v) is 4.14. The van der Waals surface area contributed by atoms with E-state index in [0.29, 0.717) is 17.7 Å². The fraction of sp³-hybridized carbons (Fsp3) is 0.500. The van der Waals surface area contributed by atoms with E-state index >= 15 is 0 Å². The molecule has 3 aliphatic rings. The van der Waals surface area contributed by atoms with Gasteiger partial charge in [-0.05, 0) is 12.8 Å². The van der Waals surface area contributed by atoms with Crippen LogP contribution in [-0.4, -0.2) is 24.2 Å². The van der Waals surface area contributed by atoms with E-state index in [9.17, 15) is 9.90 Å². The quantitative estimate of drug-likeness (QED) is 0.741. The number of ether oxygens (including phenoxy) is 1. The SMILES string of the molecule is N#CB1CCC2(CC1)COc1c2ccc2c1C(O)CC2=O. The minimum Gasteiger partial charge on any atom is -0.492 e. The van der Waals surface area contributed by atoms with E-state index in [1.807, 2.05) is 12.1 Å². The van der Waals surface area contributed by atoms with Crippen molar-refractivity contribution in [3.63, 3.8) is 0 Å². The molecule has 1 spiro atoms. The number of rotatable bonds is 0. The number of carbonyl (C=O) groups excluding carboxylic acids is 1. The van der Waals surface area contributed by atoms with E-state index in [1.54, 1.807) is 0 Å². The number of Topliss-reactive ketones (excluding diaryl/α,β-unsaturated/α-hetero) is 1. The maximum Gasteiger partial charge on any atom is 0.267 e. The molecule has 0 bridgehead atoms. The maximum atomic E-state index is 11.9. The third-order valence-electron chi connectivity index (χ3n) is 5.40. The second kappa shape index (κ2) is 4.35. The molecule has 1 aliphatic carbocycles. The first-order valence-corrected chi connectivity index (χ1v) is 7.56. The van der Waals surface area contributed by atoms with Crippen molar-refractivity contribution in [2.45, 2.75) is 43.4 Å². The van der Waals surface area contributed by atoms with Gasteiger partial charge in [0.05, 0.1) is 12.7 Å². The van der Waals surface area contributed by atoms with Gasteiger partial charge < -0.3 is 9.84 Å².